The number of nitrogens with zero attached hydrogens (tertiary/aromatic N) is 1. The summed E-state index contributed by atoms with van der Waals surface area (Å²) < 4.78 is 39.9. The van der Waals surface area contributed by atoms with E-state index in [1.807, 2.05) is 36.4 Å². The first-order valence-corrected chi connectivity index (χ1v) is 10.8. The van der Waals surface area contributed by atoms with Crippen molar-refractivity contribution in [3.8, 4) is 0 Å². The van der Waals surface area contributed by atoms with Gasteiger partial charge in [0.25, 0.3) is 5.91 Å². The maximum absolute atomic E-state index is 13.7. The van der Waals surface area contributed by atoms with Gasteiger partial charge in [-0.05, 0) is 41.8 Å². The monoisotopic (exact) mass is 469 g/mol. The van der Waals surface area contributed by atoms with E-state index in [0.29, 0.717) is 37.6 Å². The Morgan fingerprint density at radius 3 is 2.35 bits per heavy atom. The lowest BCUT2D eigenvalue weighted by atomic mass is 9.95. The number of carbonyl (C=O) groups is 3. The average molecular weight is 469 g/mol. The molecule has 0 radical (unpaired) electrons. The third-order valence-electron chi connectivity index (χ3n) is 5.91. The van der Waals surface area contributed by atoms with Crippen LogP contribution in [0.2, 0.25) is 0 Å². The van der Waals surface area contributed by atoms with Crippen LogP contribution in [0.1, 0.15) is 23.2 Å². The molecule has 3 amide bonds. The van der Waals surface area contributed by atoms with E-state index < -0.39 is 35.6 Å². The Balaban J connectivity index is 1.28. The lowest BCUT2D eigenvalue weighted by Gasteiger charge is -2.31. The first-order chi connectivity index (χ1) is 16.3. The molecule has 9 heteroatoms. The molecule has 1 fully saturated rings. The second kappa shape index (κ2) is 9.94. The summed E-state index contributed by atoms with van der Waals surface area (Å²) in [6, 6.07) is 14.8. The minimum atomic E-state index is -1.69. The Bertz CT molecular complexity index is 1250. The van der Waals surface area contributed by atoms with Gasteiger partial charge in [-0.15, -0.1) is 0 Å². The van der Waals surface area contributed by atoms with Crippen molar-refractivity contribution < 1.29 is 27.6 Å². The number of amides is 3. The SMILES string of the molecule is O=C(CNC(=O)C1CCN(C(=O)c2cccc3ccccc23)CC1)Nc1ccc(F)c(F)c1F. The van der Waals surface area contributed by atoms with E-state index in [-0.39, 0.29) is 17.7 Å². The smallest absolute Gasteiger partial charge is 0.254 e. The van der Waals surface area contributed by atoms with Crippen LogP contribution in [-0.2, 0) is 9.59 Å². The Morgan fingerprint density at radius 2 is 1.59 bits per heavy atom. The number of piperidine rings is 1. The number of hydrogen-bond donors (Lipinski definition) is 2. The van der Waals surface area contributed by atoms with Gasteiger partial charge in [0.2, 0.25) is 11.8 Å². The van der Waals surface area contributed by atoms with E-state index in [1.165, 1.54) is 0 Å². The quantitative estimate of drug-likeness (QED) is 0.557. The molecule has 0 saturated carbocycles. The summed E-state index contributed by atoms with van der Waals surface area (Å²) in [5.41, 5.74) is 0.0977. The molecule has 0 aliphatic carbocycles. The summed E-state index contributed by atoms with van der Waals surface area (Å²) in [5.74, 6) is -6.18. The Labute approximate surface area is 193 Å². The largest absolute Gasteiger partial charge is 0.347 e. The van der Waals surface area contributed by atoms with Crippen molar-refractivity contribution in [1.82, 2.24) is 10.2 Å². The molecular weight excluding hydrogens is 447 g/mol. The van der Waals surface area contributed by atoms with Crippen LogP contribution < -0.4 is 10.6 Å². The van der Waals surface area contributed by atoms with E-state index >= 15 is 0 Å². The van der Waals surface area contributed by atoms with Gasteiger partial charge in [-0.2, -0.15) is 0 Å². The van der Waals surface area contributed by atoms with Crippen molar-refractivity contribution in [2.75, 3.05) is 25.0 Å². The molecule has 4 rings (SSSR count). The van der Waals surface area contributed by atoms with Gasteiger partial charge in [-0.25, -0.2) is 13.2 Å². The van der Waals surface area contributed by atoms with Gasteiger partial charge in [0, 0.05) is 24.6 Å². The van der Waals surface area contributed by atoms with Gasteiger partial charge >= 0.3 is 0 Å². The van der Waals surface area contributed by atoms with E-state index in [9.17, 15) is 27.6 Å². The van der Waals surface area contributed by atoms with Crippen LogP contribution >= 0.6 is 0 Å². The third-order valence-corrected chi connectivity index (χ3v) is 5.91. The van der Waals surface area contributed by atoms with Gasteiger partial charge in [0.15, 0.2) is 17.5 Å². The van der Waals surface area contributed by atoms with Crippen molar-refractivity contribution in [2.24, 2.45) is 5.92 Å². The molecule has 0 unspecified atom stereocenters. The van der Waals surface area contributed by atoms with Crippen LogP contribution in [0.15, 0.2) is 54.6 Å². The molecule has 3 aromatic rings. The number of rotatable bonds is 5. The molecule has 3 aromatic carbocycles. The van der Waals surface area contributed by atoms with Crippen LogP contribution in [0, 0.1) is 23.4 Å². The number of likely N-dealkylation sites (tertiary alicyclic amines) is 1. The average Bonchev–Trinajstić information content (AvgIpc) is 2.87. The number of anilines is 1. The summed E-state index contributed by atoms with van der Waals surface area (Å²) in [5, 5.41) is 6.43. The fourth-order valence-electron chi connectivity index (χ4n) is 4.06. The van der Waals surface area contributed by atoms with E-state index in [4.69, 9.17) is 0 Å². The Hall–Kier alpha value is -3.88. The molecule has 1 aliphatic rings. The third kappa shape index (κ3) is 4.88. The molecule has 1 aliphatic heterocycles. The molecule has 2 N–H and O–H groups in total. The summed E-state index contributed by atoms with van der Waals surface area (Å²) in [7, 11) is 0. The molecule has 176 valence electrons. The van der Waals surface area contributed by atoms with E-state index in [1.54, 1.807) is 11.0 Å². The zero-order valence-corrected chi connectivity index (χ0v) is 18.1. The van der Waals surface area contributed by atoms with Crippen LogP contribution in [0.25, 0.3) is 10.8 Å². The predicted octanol–water partition coefficient (Wildman–Crippen LogP) is 3.86. The summed E-state index contributed by atoms with van der Waals surface area (Å²) in [4.78, 5) is 39.2. The highest BCUT2D eigenvalue weighted by molar-refractivity contribution is 6.07. The Kier molecular flexibility index (Phi) is 6.81. The minimum absolute atomic E-state index is 0.0939. The fourth-order valence-corrected chi connectivity index (χ4v) is 4.06. The van der Waals surface area contributed by atoms with Crippen molar-refractivity contribution in [3.63, 3.8) is 0 Å². The zero-order chi connectivity index (χ0) is 24.2. The van der Waals surface area contributed by atoms with E-state index in [2.05, 4.69) is 10.6 Å². The predicted molar refractivity (Wildman–Crippen MR) is 121 cm³/mol. The topological polar surface area (TPSA) is 78.5 Å². The summed E-state index contributed by atoms with van der Waals surface area (Å²) in [6.45, 7) is 0.339. The zero-order valence-electron chi connectivity index (χ0n) is 18.1. The number of carbonyl (C=O) groups excluding carboxylic acids is 3. The molecule has 1 saturated heterocycles. The summed E-state index contributed by atoms with van der Waals surface area (Å²) in [6.07, 6.45) is 0.865. The molecule has 6 nitrogen and oxygen atoms in total. The molecule has 34 heavy (non-hydrogen) atoms. The second-order valence-electron chi connectivity index (χ2n) is 8.08. The normalized spacial score (nSPS) is 14.1. The molecular formula is C25H22F3N3O3. The van der Waals surface area contributed by atoms with Crippen LogP contribution in [0.3, 0.4) is 0 Å². The standard InChI is InChI=1S/C25H22F3N3O3/c26-19-8-9-20(23(28)22(19)27)30-21(32)14-29-24(33)16-10-12-31(13-11-16)25(34)18-7-3-5-15-4-1-2-6-17(15)18/h1-9,16H,10-14H2,(H,29,33)(H,30,32). The van der Waals surface area contributed by atoms with Crippen molar-refractivity contribution >= 4 is 34.2 Å². The van der Waals surface area contributed by atoms with Gasteiger partial charge in [0.1, 0.15) is 0 Å². The number of hydrogen-bond acceptors (Lipinski definition) is 3. The molecule has 0 bridgehead atoms. The highest BCUT2D eigenvalue weighted by Crippen LogP contribution is 2.24. The highest BCUT2D eigenvalue weighted by Gasteiger charge is 2.28. The first kappa shape index (κ1) is 23.3. The van der Waals surface area contributed by atoms with Gasteiger partial charge < -0.3 is 15.5 Å². The molecule has 0 aromatic heterocycles. The molecule has 0 atom stereocenters. The minimum Gasteiger partial charge on any atom is -0.347 e. The highest BCUT2D eigenvalue weighted by atomic mass is 19.2. The number of benzene rings is 3. The van der Waals surface area contributed by atoms with Gasteiger partial charge in [-0.3, -0.25) is 14.4 Å². The van der Waals surface area contributed by atoms with Crippen LogP contribution in [0.5, 0.6) is 0 Å². The molecule has 0 spiro atoms. The van der Waals surface area contributed by atoms with Gasteiger partial charge in [-0.1, -0.05) is 36.4 Å². The fraction of sp³-hybridized carbons (Fsp3) is 0.240. The first-order valence-electron chi connectivity index (χ1n) is 10.8. The van der Waals surface area contributed by atoms with Crippen molar-refractivity contribution in [2.45, 2.75) is 12.8 Å². The van der Waals surface area contributed by atoms with Crippen molar-refractivity contribution in [1.29, 1.82) is 0 Å². The second-order valence-corrected chi connectivity index (χ2v) is 8.08. The van der Waals surface area contributed by atoms with Gasteiger partial charge in [0.05, 0.1) is 12.2 Å². The van der Waals surface area contributed by atoms with Crippen molar-refractivity contribution in [3.05, 3.63) is 77.6 Å². The number of fused-ring (bicyclic) bond motifs is 1. The van der Waals surface area contributed by atoms with Crippen LogP contribution in [0.4, 0.5) is 18.9 Å². The molecule has 1 heterocycles. The lowest BCUT2D eigenvalue weighted by Crippen LogP contribution is -2.44. The maximum atomic E-state index is 13.7. The number of halogens is 3. The lowest BCUT2D eigenvalue weighted by molar-refractivity contribution is -0.128. The number of nitrogens with one attached hydrogen (secondary N) is 2. The van der Waals surface area contributed by atoms with E-state index in [0.717, 1.165) is 16.8 Å². The maximum Gasteiger partial charge on any atom is 0.254 e. The Morgan fingerprint density at radius 1 is 0.882 bits per heavy atom. The van der Waals surface area contributed by atoms with Crippen LogP contribution in [-0.4, -0.2) is 42.3 Å². The summed E-state index contributed by atoms with van der Waals surface area (Å²) >= 11 is 0.